The molecular formula is C12H5Br2F11O. The van der Waals surface area contributed by atoms with Crippen LogP contribution in [0.4, 0.5) is 48.3 Å². The molecule has 1 aromatic carbocycles. The third-order valence-electron chi connectivity index (χ3n) is 3.12. The minimum absolute atomic E-state index is 0.124. The van der Waals surface area contributed by atoms with Crippen LogP contribution in [0, 0.1) is 0 Å². The first-order chi connectivity index (χ1) is 11.4. The molecule has 0 aromatic heterocycles. The van der Waals surface area contributed by atoms with Crippen molar-refractivity contribution in [2.24, 2.45) is 0 Å². The lowest BCUT2D eigenvalue weighted by molar-refractivity contribution is -0.424. The lowest BCUT2D eigenvalue weighted by Gasteiger charge is -2.37. The molecule has 0 unspecified atom stereocenters. The molecule has 0 fully saturated rings. The summed E-state index contributed by atoms with van der Waals surface area (Å²) >= 11 is 4.92. The molecule has 1 nitrogen and oxygen atoms in total. The van der Waals surface area contributed by atoms with Gasteiger partial charge < -0.3 is 4.74 Å². The highest BCUT2D eigenvalue weighted by molar-refractivity contribution is 9.11. The van der Waals surface area contributed by atoms with Gasteiger partial charge in [0.2, 0.25) is 0 Å². The lowest BCUT2D eigenvalue weighted by atomic mass is 9.93. The zero-order valence-corrected chi connectivity index (χ0v) is 15.1. The Labute approximate surface area is 154 Å². The highest BCUT2D eigenvalue weighted by Crippen LogP contribution is 2.60. The third-order valence-corrected chi connectivity index (χ3v) is 4.39. The van der Waals surface area contributed by atoms with Crippen LogP contribution in [0.1, 0.15) is 5.56 Å². The first kappa shape index (κ1) is 23.2. The van der Waals surface area contributed by atoms with Crippen LogP contribution in [0.2, 0.25) is 0 Å². The molecule has 0 amide bonds. The fraction of sp³-hybridized carbons (Fsp3) is 0.500. The van der Waals surface area contributed by atoms with Crippen molar-refractivity contribution in [1.29, 1.82) is 0 Å². The largest absolute Gasteiger partial charge is 0.496 e. The van der Waals surface area contributed by atoms with E-state index in [0.29, 0.717) is 6.07 Å². The Hall–Kier alpha value is -0.790. The molecular weight excluding hydrogens is 529 g/mol. The van der Waals surface area contributed by atoms with E-state index in [-0.39, 0.29) is 11.8 Å². The molecule has 0 N–H and O–H groups in total. The van der Waals surface area contributed by atoms with Gasteiger partial charge in [0.15, 0.2) is 0 Å². The third kappa shape index (κ3) is 3.27. The van der Waals surface area contributed by atoms with E-state index in [0.717, 1.165) is 7.11 Å². The predicted molar refractivity (Wildman–Crippen MR) is 73.2 cm³/mol. The number of halogens is 13. The Bertz CT molecular complexity index is 684. The number of hydrogen-bond acceptors (Lipinski definition) is 1. The standard InChI is InChI=1S/C12H5Br2F11O/c1-26-7-3-5(13)4(2-6(7)14)8(15,16)9(17,18)10(19,20)11(21,22)12(23,24)25/h2-3H,1H3. The summed E-state index contributed by atoms with van der Waals surface area (Å²) in [5, 5.41) is 0. The maximum Gasteiger partial charge on any atom is 0.460 e. The van der Waals surface area contributed by atoms with Gasteiger partial charge in [-0.3, -0.25) is 0 Å². The van der Waals surface area contributed by atoms with Gasteiger partial charge in [0.1, 0.15) is 5.75 Å². The van der Waals surface area contributed by atoms with Gasteiger partial charge in [-0.25, -0.2) is 0 Å². The van der Waals surface area contributed by atoms with Crippen LogP contribution in [0.3, 0.4) is 0 Å². The predicted octanol–water partition coefficient (Wildman–Crippen LogP) is 6.78. The fourth-order valence-corrected chi connectivity index (χ4v) is 2.74. The van der Waals surface area contributed by atoms with Crippen molar-refractivity contribution in [2.75, 3.05) is 7.11 Å². The fourth-order valence-electron chi connectivity index (χ4n) is 1.67. The van der Waals surface area contributed by atoms with E-state index >= 15 is 0 Å². The van der Waals surface area contributed by atoms with E-state index in [9.17, 15) is 48.3 Å². The van der Waals surface area contributed by atoms with Crippen molar-refractivity contribution >= 4 is 31.9 Å². The number of alkyl halides is 11. The second kappa shape index (κ2) is 6.67. The summed E-state index contributed by atoms with van der Waals surface area (Å²) in [6.45, 7) is 0. The smallest absolute Gasteiger partial charge is 0.460 e. The maximum absolute atomic E-state index is 14.0. The van der Waals surface area contributed by atoms with Crippen molar-refractivity contribution in [3.63, 3.8) is 0 Å². The molecule has 0 saturated carbocycles. The summed E-state index contributed by atoms with van der Waals surface area (Å²) in [5.41, 5.74) is -1.96. The molecule has 0 heterocycles. The van der Waals surface area contributed by atoms with Gasteiger partial charge in [0.05, 0.1) is 11.6 Å². The second-order valence-electron chi connectivity index (χ2n) is 4.76. The molecule has 0 saturated heterocycles. The summed E-state index contributed by atoms with van der Waals surface area (Å²) in [6.07, 6.45) is -7.20. The molecule has 150 valence electrons. The first-order valence-electron chi connectivity index (χ1n) is 5.97. The Morgan fingerprint density at radius 2 is 1.15 bits per heavy atom. The Kier molecular flexibility index (Phi) is 5.97. The molecule has 0 bridgehead atoms. The van der Waals surface area contributed by atoms with Gasteiger partial charge in [-0.05, 0) is 28.1 Å². The molecule has 0 aliphatic carbocycles. The van der Waals surface area contributed by atoms with Crippen molar-refractivity contribution in [3.05, 3.63) is 26.6 Å². The van der Waals surface area contributed by atoms with Gasteiger partial charge in [-0.2, -0.15) is 48.3 Å². The molecule has 0 aliphatic heterocycles. The maximum atomic E-state index is 14.0. The van der Waals surface area contributed by atoms with E-state index in [1.54, 1.807) is 0 Å². The Balaban J connectivity index is 3.63. The Morgan fingerprint density at radius 1 is 0.692 bits per heavy atom. The van der Waals surface area contributed by atoms with E-state index in [2.05, 4.69) is 36.6 Å². The lowest BCUT2D eigenvalue weighted by Crippen LogP contribution is -2.65. The van der Waals surface area contributed by atoms with Crippen molar-refractivity contribution in [2.45, 2.75) is 29.9 Å². The van der Waals surface area contributed by atoms with Crippen molar-refractivity contribution in [1.82, 2.24) is 0 Å². The first-order valence-corrected chi connectivity index (χ1v) is 7.56. The summed E-state index contributed by atoms with van der Waals surface area (Å²) in [4.78, 5) is 0. The number of benzene rings is 1. The van der Waals surface area contributed by atoms with Crippen LogP contribution in [0.15, 0.2) is 21.1 Å². The molecule has 0 aliphatic rings. The molecule has 26 heavy (non-hydrogen) atoms. The molecule has 0 spiro atoms. The average Bonchev–Trinajstić information content (AvgIpc) is 2.47. The molecule has 0 atom stereocenters. The quantitative estimate of drug-likeness (QED) is 0.379. The summed E-state index contributed by atoms with van der Waals surface area (Å²) in [7, 11) is 1.02. The van der Waals surface area contributed by atoms with Crippen LogP contribution >= 0.6 is 31.9 Å². The zero-order chi connectivity index (χ0) is 20.9. The number of hydrogen-bond donors (Lipinski definition) is 0. The zero-order valence-electron chi connectivity index (χ0n) is 12.0. The summed E-state index contributed by atoms with van der Waals surface area (Å²) < 4.78 is 147. The highest BCUT2D eigenvalue weighted by Gasteiger charge is 2.87. The highest BCUT2D eigenvalue weighted by atomic mass is 79.9. The van der Waals surface area contributed by atoms with Gasteiger partial charge in [-0.15, -0.1) is 0 Å². The van der Waals surface area contributed by atoms with Gasteiger partial charge >= 0.3 is 29.9 Å². The SMILES string of the molecule is COc1cc(Br)c(C(F)(F)C(F)(F)C(F)(F)C(F)(F)C(F)(F)F)cc1Br. The number of rotatable bonds is 5. The molecule has 1 aromatic rings. The van der Waals surface area contributed by atoms with Crippen molar-refractivity contribution in [3.8, 4) is 5.75 Å². The van der Waals surface area contributed by atoms with E-state index in [4.69, 9.17) is 0 Å². The molecule has 14 heteroatoms. The van der Waals surface area contributed by atoms with Crippen LogP contribution in [0.25, 0.3) is 0 Å². The van der Waals surface area contributed by atoms with Crippen molar-refractivity contribution < 1.29 is 53.0 Å². The minimum Gasteiger partial charge on any atom is -0.496 e. The Morgan fingerprint density at radius 3 is 1.54 bits per heavy atom. The van der Waals surface area contributed by atoms with Crippen LogP contribution < -0.4 is 4.74 Å². The molecule has 1 rings (SSSR count). The van der Waals surface area contributed by atoms with Gasteiger partial charge in [-0.1, -0.05) is 15.9 Å². The monoisotopic (exact) mass is 532 g/mol. The average molecular weight is 534 g/mol. The normalized spacial score (nSPS) is 14.5. The number of ether oxygens (including phenoxy) is 1. The molecule has 0 radical (unpaired) electrons. The van der Waals surface area contributed by atoms with E-state index in [1.807, 2.05) is 0 Å². The summed E-state index contributed by atoms with van der Waals surface area (Å²) in [5.74, 6) is -28.4. The van der Waals surface area contributed by atoms with Crippen LogP contribution in [-0.2, 0) is 5.92 Å². The van der Waals surface area contributed by atoms with Crippen LogP contribution in [0.5, 0.6) is 5.75 Å². The van der Waals surface area contributed by atoms with Crippen LogP contribution in [-0.4, -0.2) is 31.1 Å². The summed E-state index contributed by atoms with van der Waals surface area (Å²) in [6, 6.07) is 0.724. The van der Waals surface area contributed by atoms with E-state index < -0.39 is 44.4 Å². The minimum atomic E-state index is -7.46. The van der Waals surface area contributed by atoms with Gasteiger partial charge in [0, 0.05) is 10.0 Å². The van der Waals surface area contributed by atoms with E-state index in [1.165, 1.54) is 0 Å². The van der Waals surface area contributed by atoms with Gasteiger partial charge in [0.25, 0.3) is 0 Å². The topological polar surface area (TPSA) is 9.23 Å². The second-order valence-corrected chi connectivity index (χ2v) is 6.47. The number of methoxy groups -OCH3 is 1.